The Bertz CT molecular complexity index is 443. The van der Waals surface area contributed by atoms with Gasteiger partial charge in [0.1, 0.15) is 12.0 Å². The second-order valence-corrected chi connectivity index (χ2v) is 2.69. The van der Waals surface area contributed by atoms with Crippen LogP contribution in [-0.4, -0.2) is 11.2 Å². The van der Waals surface area contributed by atoms with Gasteiger partial charge in [0.25, 0.3) is 5.69 Å². The van der Waals surface area contributed by atoms with E-state index < -0.39 is 22.1 Å². The number of nitrogens with two attached hydrogens (primary N) is 1. The number of carbonyl (C=O) groups is 1. The highest BCUT2D eigenvalue weighted by atomic mass is 19.1. The van der Waals surface area contributed by atoms with Gasteiger partial charge in [-0.15, -0.1) is 0 Å². The first kappa shape index (κ1) is 10.8. The van der Waals surface area contributed by atoms with E-state index in [1.807, 2.05) is 0 Å². The zero-order valence-electron chi connectivity index (χ0n) is 7.51. The van der Waals surface area contributed by atoms with Crippen LogP contribution in [0.3, 0.4) is 0 Å². The van der Waals surface area contributed by atoms with Crippen LogP contribution in [0.4, 0.5) is 15.8 Å². The first-order valence-corrected chi connectivity index (χ1v) is 3.91. The Kier molecular flexibility index (Phi) is 3.12. The number of aldehydes is 1. The standard InChI is InChI=1S/C9H7FN2O3/c10-7-4-6(2-1-3-13)5-8(9(7)11)12(14)15/h1-5H,11H2. The molecule has 0 radical (unpaired) electrons. The van der Waals surface area contributed by atoms with Crippen LogP contribution in [0.25, 0.3) is 6.08 Å². The Balaban J connectivity index is 3.29. The van der Waals surface area contributed by atoms with Gasteiger partial charge in [0, 0.05) is 6.07 Å². The topological polar surface area (TPSA) is 86.2 Å². The van der Waals surface area contributed by atoms with E-state index >= 15 is 0 Å². The van der Waals surface area contributed by atoms with E-state index in [0.717, 1.165) is 18.2 Å². The van der Waals surface area contributed by atoms with Gasteiger partial charge in [-0.05, 0) is 17.7 Å². The Labute approximate surface area is 84.2 Å². The van der Waals surface area contributed by atoms with Gasteiger partial charge in [-0.1, -0.05) is 6.08 Å². The highest BCUT2D eigenvalue weighted by Crippen LogP contribution is 2.26. The first-order valence-electron chi connectivity index (χ1n) is 3.91. The van der Waals surface area contributed by atoms with Gasteiger partial charge in [-0.25, -0.2) is 4.39 Å². The summed E-state index contributed by atoms with van der Waals surface area (Å²) in [6, 6.07) is 2.11. The fraction of sp³-hybridized carbons (Fsp3) is 0. The summed E-state index contributed by atoms with van der Waals surface area (Å²) < 4.78 is 13.1. The molecule has 0 aliphatic heterocycles. The molecule has 1 aromatic carbocycles. The lowest BCUT2D eigenvalue weighted by atomic mass is 10.1. The zero-order valence-corrected chi connectivity index (χ0v) is 7.51. The van der Waals surface area contributed by atoms with Crippen LogP contribution < -0.4 is 5.73 Å². The Morgan fingerprint density at radius 2 is 2.13 bits per heavy atom. The van der Waals surface area contributed by atoms with Crippen LogP contribution in [0.5, 0.6) is 0 Å². The lowest BCUT2D eigenvalue weighted by molar-refractivity contribution is -0.384. The van der Waals surface area contributed by atoms with Crippen molar-refractivity contribution in [1.29, 1.82) is 0 Å². The van der Waals surface area contributed by atoms with Gasteiger partial charge in [-0.3, -0.25) is 14.9 Å². The average Bonchev–Trinajstić information content (AvgIpc) is 2.19. The third-order valence-corrected chi connectivity index (χ3v) is 1.69. The maximum absolute atomic E-state index is 13.1. The van der Waals surface area contributed by atoms with Crippen molar-refractivity contribution in [1.82, 2.24) is 0 Å². The lowest BCUT2D eigenvalue weighted by Crippen LogP contribution is -1.99. The molecule has 0 fully saturated rings. The Hall–Kier alpha value is -2.24. The summed E-state index contributed by atoms with van der Waals surface area (Å²) >= 11 is 0. The van der Waals surface area contributed by atoms with E-state index in [4.69, 9.17) is 5.73 Å². The second kappa shape index (κ2) is 4.32. The number of rotatable bonds is 3. The fourth-order valence-electron chi connectivity index (χ4n) is 1.02. The van der Waals surface area contributed by atoms with E-state index in [0.29, 0.717) is 6.29 Å². The first-order chi connectivity index (χ1) is 7.06. The van der Waals surface area contributed by atoms with Crippen LogP contribution in [0.2, 0.25) is 0 Å². The number of nitrogen functional groups attached to an aromatic ring is 1. The molecule has 0 unspecified atom stereocenters. The van der Waals surface area contributed by atoms with E-state index in [1.54, 1.807) is 0 Å². The van der Waals surface area contributed by atoms with Gasteiger partial charge in [0.15, 0.2) is 5.82 Å². The van der Waals surface area contributed by atoms with Crippen LogP contribution in [0, 0.1) is 15.9 Å². The minimum absolute atomic E-state index is 0.209. The van der Waals surface area contributed by atoms with Gasteiger partial charge in [0.2, 0.25) is 0 Å². The van der Waals surface area contributed by atoms with E-state index in [2.05, 4.69) is 0 Å². The Morgan fingerprint density at radius 1 is 1.47 bits per heavy atom. The summed E-state index contributed by atoms with van der Waals surface area (Å²) in [5.74, 6) is -0.880. The van der Waals surface area contributed by atoms with Crippen molar-refractivity contribution in [3.05, 3.63) is 39.7 Å². The molecular weight excluding hydrogens is 203 g/mol. The van der Waals surface area contributed by atoms with Crippen molar-refractivity contribution < 1.29 is 14.1 Å². The van der Waals surface area contributed by atoms with Crippen molar-refractivity contribution in [3.8, 4) is 0 Å². The minimum Gasteiger partial charge on any atom is -0.391 e. The second-order valence-electron chi connectivity index (χ2n) is 2.69. The van der Waals surface area contributed by atoms with Gasteiger partial charge < -0.3 is 5.73 Å². The maximum atomic E-state index is 13.1. The minimum atomic E-state index is -0.880. The molecule has 6 heteroatoms. The average molecular weight is 210 g/mol. The number of hydrogen-bond donors (Lipinski definition) is 1. The molecule has 0 atom stereocenters. The van der Waals surface area contributed by atoms with Crippen LogP contribution in [0.15, 0.2) is 18.2 Å². The Morgan fingerprint density at radius 3 is 2.67 bits per heavy atom. The van der Waals surface area contributed by atoms with Gasteiger partial charge in [-0.2, -0.15) is 0 Å². The van der Waals surface area contributed by atoms with E-state index in [9.17, 15) is 19.3 Å². The summed E-state index contributed by atoms with van der Waals surface area (Å²) in [4.78, 5) is 19.7. The van der Waals surface area contributed by atoms with Crippen LogP contribution in [-0.2, 0) is 4.79 Å². The summed E-state index contributed by atoms with van der Waals surface area (Å²) in [7, 11) is 0. The number of allylic oxidation sites excluding steroid dienone is 1. The molecule has 5 nitrogen and oxygen atoms in total. The number of hydrogen-bond acceptors (Lipinski definition) is 4. The van der Waals surface area contributed by atoms with Crippen molar-refractivity contribution in [2.75, 3.05) is 5.73 Å². The van der Waals surface area contributed by atoms with Crippen molar-refractivity contribution in [2.45, 2.75) is 0 Å². The van der Waals surface area contributed by atoms with E-state index in [-0.39, 0.29) is 5.56 Å². The largest absolute Gasteiger partial charge is 0.391 e. The number of halogens is 1. The summed E-state index contributed by atoms with van der Waals surface area (Å²) in [5, 5.41) is 10.5. The summed E-state index contributed by atoms with van der Waals surface area (Å²) in [6.45, 7) is 0. The van der Waals surface area contributed by atoms with E-state index in [1.165, 1.54) is 6.08 Å². The molecule has 0 aliphatic rings. The molecule has 0 bridgehead atoms. The molecule has 0 heterocycles. The number of carbonyl (C=O) groups excluding carboxylic acids is 1. The molecule has 1 rings (SSSR count). The molecule has 0 spiro atoms. The highest BCUT2D eigenvalue weighted by molar-refractivity contribution is 5.75. The lowest BCUT2D eigenvalue weighted by Gasteiger charge is -2.00. The number of nitrogens with zero attached hydrogens (tertiary/aromatic N) is 1. The quantitative estimate of drug-likeness (QED) is 0.269. The van der Waals surface area contributed by atoms with Crippen LogP contribution in [0.1, 0.15) is 5.56 Å². The van der Waals surface area contributed by atoms with Crippen molar-refractivity contribution >= 4 is 23.7 Å². The normalized spacial score (nSPS) is 10.5. The van der Waals surface area contributed by atoms with Crippen molar-refractivity contribution in [3.63, 3.8) is 0 Å². The third kappa shape index (κ3) is 2.37. The maximum Gasteiger partial charge on any atom is 0.295 e. The number of nitro benzene ring substituents is 1. The SMILES string of the molecule is Nc1c(F)cc(C=CC=O)cc1[N+](=O)[O-]. The molecule has 0 aromatic heterocycles. The summed E-state index contributed by atoms with van der Waals surface area (Å²) in [6.07, 6.45) is 2.84. The van der Waals surface area contributed by atoms with Gasteiger partial charge >= 0.3 is 0 Å². The number of nitro groups is 1. The predicted octanol–water partition coefficient (Wildman–Crippen LogP) is 1.53. The molecule has 2 N–H and O–H groups in total. The molecule has 1 aromatic rings. The number of anilines is 1. The molecule has 0 aliphatic carbocycles. The predicted molar refractivity (Wildman–Crippen MR) is 52.6 cm³/mol. The third-order valence-electron chi connectivity index (χ3n) is 1.69. The number of benzene rings is 1. The smallest absolute Gasteiger partial charge is 0.295 e. The molecular formula is C9H7FN2O3. The molecule has 15 heavy (non-hydrogen) atoms. The fourth-order valence-corrected chi connectivity index (χ4v) is 1.02. The molecule has 78 valence electrons. The zero-order chi connectivity index (χ0) is 11.4. The molecule has 0 amide bonds. The van der Waals surface area contributed by atoms with Crippen LogP contribution >= 0.6 is 0 Å². The van der Waals surface area contributed by atoms with Gasteiger partial charge in [0.05, 0.1) is 4.92 Å². The molecule has 0 saturated carbocycles. The monoisotopic (exact) mass is 210 g/mol. The highest BCUT2D eigenvalue weighted by Gasteiger charge is 2.16. The van der Waals surface area contributed by atoms with Crippen molar-refractivity contribution in [2.24, 2.45) is 0 Å². The molecule has 0 saturated heterocycles. The summed E-state index contributed by atoms with van der Waals surface area (Å²) in [5.41, 5.74) is 4.36.